The lowest BCUT2D eigenvalue weighted by Gasteiger charge is -2.10. The second-order valence-corrected chi connectivity index (χ2v) is 7.66. The molecule has 7 nitrogen and oxygen atoms in total. The molecule has 1 saturated carbocycles. The average Bonchev–Trinajstić information content (AvgIpc) is 3.58. The first-order chi connectivity index (χ1) is 15.1. The molecule has 0 aliphatic heterocycles. The molecule has 0 unspecified atom stereocenters. The second-order valence-electron chi connectivity index (χ2n) is 7.66. The zero-order valence-corrected chi connectivity index (χ0v) is 16.9. The third-order valence-electron chi connectivity index (χ3n) is 5.29. The van der Waals surface area contributed by atoms with E-state index in [2.05, 4.69) is 20.8 Å². The van der Waals surface area contributed by atoms with Gasteiger partial charge in [-0.15, -0.1) is 0 Å². The molecule has 7 heteroatoms. The first-order valence-corrected chi connectivity index (χ1v) is 10.1. The molecule has 2 N–H and O–H groups in total. The summed E-state index contributed by atoms with van der Waals surface area (Å²) in [6, 6.07) is 18.4. The van der Waals surface area contributed by atoms with Gasteiger partial charge < -0.3 is 15.2 Å². The highest BCUT2D eigenvalue weighted by Gasteiger charge is 2.29. The van der Waals surface area contributed by atoms with E-state index in [9.17, 15) is 9.59 Å². The average molecular weight is 412 g/mol. The third kappa shape index (κ3) is 3.90. The lowest BCUT2D eigenvalue weighted by atomic mass is 10.0. The largest absolute Gasteiger partial charge is 0.335 e. The van der Waals surface area contributed by atoms with Gasteiger partial charge in [-0.3, -0.25) is 9.59 Å². The molecule has 4 aromatic rings. The summed E-state index contributed by atoms with van der Waals surface area (Å²) < 4.78 is 5.35. The summed E-state index contributed by atoms with van der Waals surface area (Å²) in [5, 5.41) is 10.4. The first kappa shape index (κ1) is 19.0. The van der Waals surface area contributed by atoms with E-state index in [4.69, 9.17) is 4.52 Å². The van der Waals surface area contributed by atoms with Crippen molar-refractivity contribution in [1.29, 1.82) is 0 Å². The number of benzene rings is 2. The number of hydrogen-bond donors (Lipinski definition) is 2. The molecule has 0 radical (unpaired) electrons. The van der Waals surface area contributed by atoms with Crippen molar-refractivity contribution in [2.45, 2.75) is 19.8 Å². The summed E-state index contributed by atoms with van der Waals surface area (Å²) in [6.07, 6.45) is 1.90. The lowest BCUT2D eigenvalue weighted by molar-refractivity contribution is -0.117. The van der Waals surface area contributed by atoms with Crippen molar-refractivity contribution in [2.24, 2.45) is 5.92 Å². The molecule has 2 aromatic heterocycles. The molecular formula is C24H20N4O3. The molecule has 0 spiro atoms. The Bertz CT molecular complexity index is 1280. The minimum absolute atomic E-state index is 0.0485. The van der Waals surface area contributed by atoms with Crippen LogP contribution in [0.2, 0.25) is 0 Å². The highest BCUT2D eigenvalue weighted by molar-refractivity contribution is 6.13. The Morgan fingerprint density at radius 3 is 2.32 bits per heavy atom. The molecule has 2 heterocycles. The zero-order chi connectivity index (χ0) is 21.4. The summed E-state index contributed by atoms with van der Waals surface area (Å²) >= 11 is 0. The number of anilines is 2. The summed E-state index contributed by atoms with van der Waals surface area (Å²) in [5.74, 6) is -0.0999. The molecule has 1 aliphatic rings. The van der Waals surface area contributed by atoms with Gasteiger partial charge in [-0.25, -0.2) is 4.98 Å². The van der Waals surface area contributed by atoms with Crippen molar-refractivity contribution >= 4 is 34.3 Å². The summed E-state index contributed by atoms with van der Waals surface area (Å²) in [6.45, 7) is 1.78. The summed E-state index contributed by atoms with van der Waals surface area (Å²) in [4.78, 5) is 29.6. The Hall–Kier alpha value is -4.00. The van der Waals surface area contributed by atoms with Crippen molar-refractivity contribution in [1.82, 2.24) is 10.1 Å². The molecule has 5 rings (SSSR count). The SMILES string of the molecule is Cc1noc2nc(-c3ccccc3)cc(C(=O)Nc3ccc(NC(=O)C4CC4)cc3)c12. The van der Waals surface area contributed by atoms with E-state index in [0.717, 1.165) is 18.4 Å². The molecule has 1 aliphatic carbocycles. The third-order valence-corrected chi connectivity index (χ3v) is 5.29. The van der Waals surface area contributed by atoms with Crippen LogP contribution >= 0.6 is 0 Å². The summed E-state index contributed by atoms with van der Waals surface area (Å²) in [5.41, 5.74) is 4.20. The molecule has 0 bridgehead atoms. The van der Waals surface area contributed by atoms with Crippen LogP contribution in [-0.2, 0) is 4.79 Å². The van der Waals surface area contributed by atoms with Gasteiger partial charge in [0.25, 0.3) is 11.6 Å². The number of amides is 2. The number of carbonyl (C=O) groups excluding carboxylic acids is 2. The highest BCUT2D eigenvalue weighted by Crippen LogP contribution is 2.31. The van der Waals surface area contributed by atoms with E-state index < -0.39 is 0 Å². The molecule has 0 atom stereocenters. The second kappa shape index (κ2) is 7.68. The maximum Gasteiger partial charge on any atom is 0.259 e. The van der Waals surface area contributed by atoms with Crippen LogP contribution in [0, 0.1) is 12.8 Å². The van der Waals surface area contributed by atoms with Gasteiger partial charge in [0.2, 0.25) is 5.91 Å². The van der Waals surface area contributed by atoms with E-state index in [1.807, 2.05) is 30.3 Å². The van der Waals surface area contributed by atoms with Gasteiger partial charge in [0.05, 0.1) is 22.3 Å². The Morgan fingerprint density at radius 2 is 1.65 bits per heavy atom. The minimum atomic E-state index is -0.286. The fourth-order valence-corrected chi connectivity index (χ4v) is 3.46. The number of pyridine rings is 1. The van der Waals surface area contributed by atoms with Crippen LogP contribution in [0.3, 0.4) is 0 Å². The molecule has 2 amide bonds. The van der Waals surface area contributed by atoms with Gasteiger partial charge in [0.1, 0.15) is 0 Å². The van der Waals surface area contributed by atoms with Gasteiger partial charge in [-0.05, 0) is 50.1 Å². The number of nitrogens with zero attached hydrogens (tertiary/aromatic N) is 2. The molecule has 0 saturated heterocycles. The number of carbonyl (C=O) groups is 2. The van der Waals surface area contributed by atoms with Crippen LogP contribution in [0.5, 0.6) is 0 Å². The van der Waals surface area contributed by atoms with Crippen molar-refractivity contribution < 1.29 is 14.1 Å². The normalized spacial score (nSPS) is 13.2. The topological polar surface area (TPSA) is 97.1 Å². The monoisotopic (exact) mass is 412 g/mol. The smallest absolute Gasteiger partial charge is 0.259 e. The fourth-order valence-electron chi connectivity index (χ4n) is 3.46. The van der Waals surface area contributed by atoms with Crippen LogP contribution in [0.4, 0.5) is 11.4 Å². The molecular weight excluding hydrogens is 392 g/mol. The maximum absolute atomic E-state index is 13.1. The van der Waals surface area contributed by atoms with Crippen molar-refractivity contribution in [3.8, 4) is 11.3 Å². The van der Waals surface area contributed by atoms with Crippen LogP contribution in [-0.4, -0.2) is 22.0 Å². The maximum atomic E-state index is 13.1. The number of hydrogen-bond acceptors (Lipinski definition) is 5. The number of nitrogens with one attached hydrogen (secondary N) is 2. The van der Waals surface area contributed by atoms with Gasteiger partial charge >= 0.3 is 0 Å². The Balaban J connectivity index is 1.42. The van der Waals surface area contributed by atoms with E-state index >= 15 is 0 Å². The standard InChI is InChI=1S/C24H20N4O3/c1-14-21-19(13-20(27-24(21)31-28-14)15-5-3-2-4-6-15)23(30)26-18-11-9-17(10-12-18)25-22(29)16-7-8-16/h2-6,9-13,16H,7-8H2,1H3,(H,25,29)(H,26,30). The highest BCUT2D eigenvalue weighted by atomic mass is 16.5. The molecule has 31 heavy (non-hydrogen) atoms. The Morgan fingerprint density at radius 1 is 0.968 bits per heavy atom. The summed E-state index contributed by atoms with van der Waals surface area (Å²) in [7, 11) is 0. The molecule has 2 aromatic carbocycles. The lowest BCUT2D eigenvalue weighted by Crippen LogP contribution is -2.14. The number of aryl methyl sites for hydroxylation is 1. The van der Waals surface area contributed by atoms with Crippen LogP contribution in [0.1, 0.15) is 28.9 Å². The zero-order valence-electron chi connectivity index (χ0n) is 16.9. The predicted octanol–water partition coefficient (Wildman–Crippen LogP) is 4.80. The quantitative estimate of drug-likeness (QED) is 0.491. The van der Waals surface area contributed by atoms with Crippen molar-refractivity contribution in [3.63, 3.8) is 0 Å². The number of aromatic nitrogens is 2. The molecule has 1 fully saturated rings. The van der Waals surface area contributed by atoms with Crippen LogP contribution < -0.4 is 10.6 Å². The minimum Gasteiger partial charge on any atom is -0.335 e. The van der Waals surface area contributed by atoms with Crippen molar-refractivity contribution in [2.75, 3.05) is 10.6 Å². The van der Waals surface area contributed by atoms with E-state index in [-0.39, 0.29) is 17.7 Å². The number of fused-ring (bicyclic) bond motifs is 1. The van der Waals surface area contributed by atoms with E-state index in [0.29, 0.717) is 39.4 Å². The van der Waals surface area contributed by atoms with Crippen LogP contribution in [0.25, 0.3) is 22.4 Å². The fraction of sp³-hybridized carbons (Fsp3) is 0.167. The van der Waals surface area contributed by atoms with Crippen LogP contribution in [0.15, 0.2) is 65.2 Å². The molecule has 154 valence electrons. The van der Waals surface area contributed by atoms with Gasteiger partial charge in [-0.1, -0.05) is 35.5 Å². The van der Waals surface area contributed by atoms with E-state index in [1.54, 1.807) is 37.3 Å². The predicted molar refractivity (Wildman–Crippen MR) is 118 cm³/mol. The Labute approximate surface area is 178 Å². The van der Waals surface area contributed by atoms with Gasteiger partial charge in [0, 0.05) is 22.9 Å². The van der Waals surface area contributed by atoms with Gasteiger partial charge in [0.15, 0.2) is 0 Å². The number of rotatable bonds is 5. The first-order valence-electron chi connectivity index (χ1n) is 10.1. The Kier molecular flexibility index (Phi) is 4.71. The van der Waals surface area contributed by atoms with Crippen molar-refractivity contribution in [3.05, 3.63) is 71.9 Å². The van der Waals surface area contributed by atoms with Gasteiger partial charge in [-0.2, -0.15) is 0 Å². The van der Waals surface area contributed by atoms with E-state index in [1.165, 1.54) is 0 Å².